The number of hydrogen-bond donors (Lipinski definition) is 4. The number of rotatable bonds is 4. The predicted octanol–water partition coefficient (Wildman–Crippen LogP) is 2.72. The molecule has 1 aromatic rings. The van der Waals surface area contributed by atoms with Gasteiger partial charge in [0.2, 0.25) is 0 Å². The standard InChI is InChI=1S/C14H18N4O6S2/c1-3-23-13(21)15-11(19)17(25)9-7-5-6-8-10(9)18(26)12(20)16-14(22)24-4-2/h5-8,25-26H,3-4H2,1-2H3,(H,15,19,21)(H,16,20,22). The van der Waals surface area contributed by atoms with E-state index in [-0.39, 0.29) is 24.6 Å². The van der Waals surface area contributed by atoms with E-state index in [1.807, 2.05) is 10.6 Å². The molecule has 0 saturated carbocycles. The highest BCUT2D eigenvalue weighted by molar-refractivity contribution is 7.83. The Morgan fingerprint density at radius 3 is 1.50 bits per heavy atom. The summed E-state index contributed by atoms with van der Waals surface area (Å²) < 4.78 is 10.8. The van der Waals surface area contributed by atoms with Crippen molar-refractivity contribution in [3.8, 4) is 0 Å². The highest BCUT2D eigenvalue weighted by Crippen LogP contribution is 2.31. The van der Waals surface area contributed by atoms with E-state index in [4.69, 9.17) is 0 Å². The summed E-state index contributed by atoms with van der Waals surface area (Å²) in [4.78, 5) is 46.8. The van der Waals surface area contributed by atoms with Crippen LogP contribution < -0.4 is 19.2 Å². The molecule has 0 aliphatic rings. The summed E-state index contributed by atoms with van der Waals surface area (Å²) in [6.45, 7) is 3.33. The van der Waals surface area contributed by atoms with E-state index in [1.54, 1.807) is 26.0 Å². The molecular formula is C14H18N4O6S2. The third-order valence-electron chi connectivity index (χ3n) is 2.69. The monoisotopic (exact) mass is 402 g/mol. The summed E-state index contributed by atoms with van der Waals surface area (Å²) in [5, 5.41) is 3.91. The number of nitrogens with one attached hydrogen (secondary N) is 2. The number of carbonyl (C=O) groups excluding carboxylic acids is 4. The SMILES string of the molecule is CCOC(=O)NC(=O)N(S)c1ccccc1N(S)C(=O)NC(=O)OCC. The Morgan fingerprint density at radius 1 is 0.846 bits per heavy atom. The number of alkyl carbamates (subject to hydrolysis) is 2. The minimum Gasteiger partial charge on any atom is -0.450 e. The molecule has 0 radical (unpaired) electrons. The van der Waals surface area contributed by atoms with E-state index in [0.717, 1.165) is 8.61 Å². The number of urea groups is 2. The Labute approximate surface area is 160 Å². The summed E-state index contributed by atoms with van der Waals surface area (Å²) in [7, 11) is 0. The molecule has 0 unspecified atom stereocenters. The number of thiol groups is 2. The van der Waals surface area contributed by atoms with Crippen LogP contribution in [0.1, 0.15) is 13.8 Å². The molecule has 2 N–H and O–H groups in total. The molecule has 0 bridgehead atoms. The highest BCUT2D eigenvalue weighted by Gasteiger charge is 2.23. The molecule has 0 saturated heterocycles. The average molecular weight is 402 g/mol. The van der Waals surface area contributed by atoms with Gasteiger partial charge in [-0.3, -0.25) is 0 Å². The molecule has 26 heavy (non-hydrogen) atoms. The van der Waals surface area contributed by atoms with Gasteiger partial charge >= 0.3 is 24.2 Å². The summed E-state index contributed by atoms with van der Waals surface area (Å²) in [5.74, 6) is 0. The van der Waals surface area contributed by atoms with Crippen LogP contribution in [0.25, 0.3) is 0 Å². The number of ether oxygens (including phenoxy) is 2. The normalized spacial score (nSPS) is 9.69. The molecule has 0 heterocycles. The topological polar surface area (TPSA) is 117 Å². The van der Waals surface area contributed by atoms with Crippen molar-refractivity contribution < 1.29 is 28.7 Å². The Bertz CT molecular complexity index is 630. The molecule has 10 nitrogen and oxygen atoms in total. The zero-order chi connectivity index (χ0) is 19.7. The molecule has 0 fully saturated rings. The molecule has 0 spiro atoms. The van der Waals surface area contributed by atoms with Crippen molar-refractivity contribution in [1.82, 2.24) is 10.6 Å². The summed E-state index contributed by atoms with van der Waals surface area (Å²) in [6, 6.07) is 4.23. The van der Waals surface area contributed by atoms with Gasteiger partial charge in [-0.05, 0) is 26.0 Å². The molecule has 0 atom stereocenters. The molecule has 1 aromatic carbocycles. The van der Waals surface area contributed by atoms with Gasteiger partial charge in [-0.1, -0.05) is 37.8 Å². The van der Waals surface area contributed by atoms with Crippen LogP contribution in [0.5, 0.6) is 0 Å². The zero-order valence-electron chi connectivity index (χ0n) is 14.0. The molecule has 6 amide bonds. The van der Waals surface area contributed by atoms with E-state index in [9.17, 15) is 19.2 Å². The fourth-order valence-electron chi connectivity index (χ4n) is 1.66. The molecule has 142 valence electrons. The quantitative estimate of drug-likeness (QED) is 0.575. The van der Waals surface area contributed by atoms with Crippen molar-refractivity contribution in [3.05, 3.63) is 24.3 Å². The van der Waals surface area contributed by atoms with Crippen molar-refractivity contribution in [1.29, 1.82) is 0 Å². The minimum atomic E-state index is -0.947. The number of nitrogens with zero attached hydrogens (tertiary/aromatic N) is 2. The molecule has 12 heteroatoms. The van der Waals surface area contributed by atoms with Crippen LogP contribution in [0.3, 0.4) is 0 Å². The number of para-hydroxylation sites is 2. The van der Waals surface area contributed by atoms with E-state index >= 15 is 0 Å². The van der Waals surface area contributed by atoms with Crippen molar-refractivity contribution in [2.75, 3.05) is 21.8 Å². The molecular weight excluding hydrogens is 384 g/mol. The smallest absolute Gasteiger partial charge is 0.415 e. The van der Waals surface area contributed by atoms with Gasteiger partial charge in [-0.15, -0.1) is 0 Å². The van der Waals surface area contributed by atoms with Crippen molar-refractivity contribution >= 4 is 61.3 Å². The van der Waals surface area contributed by atoms with Crippen LogP contribution >= 0.6 is 25.6 Å². The number of benzene rings is 1. The van der Waals surface area contributed by atoms with Gasteiger partial charge in [0.05, 0.1) is 24.6 Å². The van der Waals surface area contributed by atoms with E-state index in [0.29, 0.717) is 0 Å². The lowest BCUT2D eigenvalue weighted by molar-refractivity contribution is 0.152. The van der Waals surface area contributed by atoms with Gasteiger partial charge in [-0.25, -0.2) is 38.4 Å². The largest absolute Gasteiger partial charge is 0.450 e. The Kier molecular flexibility index (Phi) is 8.58. The lowest BCUT2D eigenvalue weighted by Crippen LogP contribution is -2.41. The lowest BCUT2D eigenvalue weighted by Gasteiger charge is -2.23. The Hall–Kier alpha value is -2.60. The summed E-state index contributed by atoms with van der Waals surface area (Å²) in [5.41, 5.74) is 0.235. The summed E-state index contributed by atoms with van der Waals surface area (Å²) >= 11 is 8.05. The number of amides is 6. The second-order valence-electron chi connectivity index (χ2n) is 4.41. The molecule has 0 aliphatic heterocycles. The van der Waals surface area contributed by atoms with Crippen molar-refractivity contribution in [3.63, 3.8) is 0 Å². The maximum atomic E-state index is 12.1. The second-order valence-corrected chi connectivity index (χ2v) is 5.21. The maximum Gasteiger partial charge on any atom is 0.415 e. The van der Waals surface area contributed by atoms with Crippen LogP contribution in [0.15, 0.2) is 24.3 Å². The van der Waals surface area contributed by atoms with Gasteiger partial charge in [0, 0.05) is 0 Å². The fraction of sp³-hybridized carbons (Fsp3) is 0.286. The first kappa shape index (κ1) is 21.4. The first-order valence-corrected chi connectivity index (χ1v) is 8.14. The van der Waals surface area contributed by atoms with Gasteiger partial charge in [0.15, 0.2) is 0 Å². The van der Waals surface area contributed by atoms with Crippen LogP contribution in [0.2, 0.25) is 0 Å². The number of anilines is 2. The minimum absolute atomic E-state index is 0.0840. The van der Waals surface area contributed by atoms with Crippen LogP contribution in [0, 0.1) is 0 Å². The second kappa shape index (κ2) is 10.4. The molecule has 0 aliphatic carbocycles. The van der Waals surface area contributed by atoms with Gasteiger partial charge < -0.3 is 9.47 Å². The first-order chi connectivity index (χ1) is 12.3. The van der Waals surface area contributed by atoms with Gasteiger partial charge in [0.1, 0.15) is 0 Å². The number of carbonyl (C=O) groups is 4. The van der Waals surface area contributed by atoms with E-state index < -0.39 is 24.2 Å². The van der Waals surface area contributed by atoms with Crippen LogP contribution in [0.4, 0.5) is 30.6 Å². The lowest BCUT2D eigenvalue weighted by atomic mass is 10.2. The Morgan fingerprint density at radius 2 is 1.19 bits per heavy atom. The fourth-order valence-corrected chi connectivity index (χ4v) is 2.09. The van der Waals surface area contributed by atoms with Crippen LogP contribution in [-0.2, 0) is 9.47 Å². The van der Waals surface area contributed by atoms with E-state index in [2.05, 4.69) is 35.1 Å². The molecule has 1 rings (SSSR count). The predicted molar refractivity (Wildman–Crippen MR) is 100 cm³/mol. The van der Waals surface area contributed by atoms with Gasteiger partial charge in [0.25, 0.3) is 0 Å². The van der Waals surface area contributed by atoms with Crippen molar-refractivity contribution in [2.45, 2.75) is 13.8 Å². The summed E-state index contributed by atoms with van der Waals surface area (Å²) in [6.07, 6.45) is -1.89. The molecule has 0 aromatic heterocycles. The maximum absolute atomic E-state index is 12.1. The highest BCUT2D eigenvalue weighted by atomic mass is 32.1. The number of hydrogen-bond acceptors (Lipinski definition) is 8. The third kappa shape index (κ3) is 6.04. The van der Waals surface area contributed by atoms with Gasteiger partial charge in [-0.2, -0.15) is 0 Å². The zero-order valence-corrected chi connectivity index (χ0v) is 15.8. The average Bonchev–Trinajstić information content (AvgIpc) is 2.60. The Balaban J connectivity index is 2.95. The van der Waals surface area contributed by atoms with Crippen molar-refractivity contribution in [2.24, 2.45) is 0 Å². The van der Waals surface area contributed by atoms with Crippen LogP contribution in [-0.4, -0.2) is 37.5 Å². The first-order valence-electron chi connectivity index (χ1n) is 7.34. The number of imide groups is 2. The third-order valence-corrected chi connectivity index (χ3v) is 3.49. The van der Waals surface area contributed by atoms with E-state index in [1.165, 1.54) is 12.1 Å².